The van der Waals surface area contributed by atoms with Gasteiger partial charge in [-0.3, -0.25) is 4.68 Å². The second-order valence-electron chi connectivity index (χ2n) is 6.58. The summed E-state index contributed by atoms with van der Waals surface area (Å²) in [5, 5.41) is 11.6. The van der Waals surface area contributed by atoms with E-state index < -0.39 is 12.1 Å². The first kappa shape index (κ1) is 20.3. The largest absolute Gasteiger partial charge is 0.471 e. The molecule has 10 heteroatoms. The van der Waals surface area contributed by atoms with E-state index in [-0.39, 0.29) is 5.82 Å². The van der Waals surface area contributed by atoms with E-state index in [2.05, 4.69) is 24.9 Å². The number of benzene rings is 2. The van der Waals surface area contributed by atoms with E-state index in [1.165, 1.54) is 0 Å². The minimum absolute atomic E-state index is 0.119. The third-order valence-corrected chi connectivity index (χ3v) is 4.23. The summed E-state index contributed by atoms with van der Waals surface area (Å²) in [4.78, 5) is 8.65. The Labute approximate surface area is 174 Å². The maximum Gasteiger partial charge on any atom is 0.471 e. The van der Waals surface area contributed by atoms with Crippen molar-refractivity contribution in [2.45, 2.75) is 19.3 Å². The molecule has 158 valence electrons. The van der Waals surface area contributed by atoms with E-state index >= 15 is 0 Å². The molecule has 7 nitrogen and oxygen atoms in total. The molecule has 2 aromatic carbocycles. The first-order valence-corrected chi connectivity index (χ1v) is 9.19. The normalized spacial score (nSPS) is 11.8. The van der Waals surface area contributed by atoms with Gasteiger partial charge >= 0.3 is 12.1 Å². The summed E-state index contributed by atoms with van der Waals surface area (Å²) in [6.45, 7) is 0.849. The van der Waals surface area contributed by atoms with Crippen molar-refractivity contribution < 1.29 is 22.5 Å². The van der Waals surface area contributed by atoms with Gasteiger partial charge in [-0.1, -0.05) is 64.9 Å². The molecule has 0 spiro atoms. The van der Waals surface area contributed by atoms with E-state index in [0.717, 1.165) is 16.7 Å². The van der Waals surface area contributed by atoms with Gasteiger partial charge in [0.1, 0.15) is 6.61 Å². The Bertz CT molecular complexity index is 1150. The Morgan fingerprint density at radius 1 is 1.03 bits per heavy atom. The second-order valence-corrected chi connectivity index (χ2v) is 6.58. The first-order valence-electron chi connectivity index (χ1n) is 9.19. The van der Waals surface area contributed by atoms with Crippen LogP contribution in [-0.2, 0) is 24.2 Å². The Morgan fingerprint density at radius 2 is 1.81 bits per heavy atom. The lowest BCUT2D eigenvalue weighted by Crippen LogP contribution is -2.04. The fourth-order valence-corrected chi connectivity index (χ4v) is 2.72. The Kier molecular flexibility index (Phi) is 5.78. The standard InChI is InChI=1S/C21H16F3N5O2/c22-21(23,24)20-27-19(28-31-20)18-8-6-15(7-9-18)12-29-13-17(10-25-29)11-26-30-14-16-4-2-1-3-5-16/h1-11,13H,12,14H2. The van der Waals surface area contributed by atoms with Gasteiger partial charge in [-0.15, -0.1) is 0 Å². The monoisotopic (exact) mass is 427 g/mol. The van der Waals surface area contributed by atoms with E-state index in [0.29, 0.717) is 18.7 Å². The molecule has 0 N–H and O–H groups in total. The molecule has 0 unspecified atom stereocenters. The van der Waals surface area contributed by atoms with Crippen molar-refractivity contribution >= 4 is 6.21 Å². The average molecular weight is 427 g/mol. The molecular formula is C21H16F3N5O2. The molecular weight excluding hydrogens is 411 g/mol. The molecule has 2 heterocycles. The van der Waals surface area contributed by atoms with Crippen molar-refractivity contribution in [1.29, 1.82) is 0 Å². The van der Waals surface area contributed by atoms with Gasteiger partial charge in [0, 0.05) is 17.3 Å². The van der Waals surface area contributed by atoms with Crippen LogP contribution in [0.15, 0.2) is 76.7 Å². The highest BCUT2D eigenvalue weighted by Crippen LogP contribution is 2.29. The smallest absolute Gasteiger partial charge is 0.391 e. The summed E-state index contributed by atoms with van der Waals surface area (Å²) in [6.07, 6.45) is 0.364. The van der Waals surface area contributed by atoms with Crippen LogP contribution in [0, 0.1) is 0 Å². The fraction of sp³-hybridized carbons (Fsp3) is 0.143. The van der Waals surface area contributed by atoms with Gasteiger partial charge in [-0.2, -0.15) is 23.3 Å². The molecule has 0 fully saturated rings. The van der Waals surface area contributed by atoms with Gasteiger partial charge in [0.05, 0.1) is 19.0 Å². The highest BCUT2D eigenvalue weighted by molar-refractivity contribution is 5.78. The number of nitrogens with zero attached hydrogens (tertiary/aromatic N) is 5. The van der Waals surface area contributed by atoms with Gasteiger partial charge in [0.15, 0.2) is 0 Å². The van der Waals surface area contributed by atoms with E-state index in [1.807, 2.05) is 30.3 Å². The van der Waals surface area contributed by atoms with E-state index in [9.17, 15) is 13.2 Å². The molecule has 0 radical (unpaired) electrons. The summed E-state index contributed by atoms with van der Waals surface area (Å²) in [6, 6.07) is 16.5. The molecule has 0 amide bonds. The predicted molar refractivity (Wildman–Crippen MR) is 105 cm³/mol. The lowest BCUT2D eigenvalue weighted by molar-refractivity contribution is -0.159. The maximum atomic E-state index is 12.6. The predicted octanol–water partition coefficient (Wildman–Crippen LogP) is 4.55. The molecule has 4 aromatic rings. The van der Waals surface area contributed by atoms with Gasteiger partial charge in [-0.25, -0.2) is 0 Å². The number of hydrogen-bond donors (Lipinski definition) is 0. The zero-order valence-electron chi connectivity index (χ0n) is 16.0. The fourth-order valence-electron chi connectivity index (χ4n) is 2.72. The van der Waals surface area contributed by atoms with Crippen molar-refractivity contribution in [2.24, 2.45) is 5.16 Å². The van der Waals surface area contributed by atoms with Gasteiger partial charge in [0.2, 0.25) is 5.82 Å². The van der Waals surface area contributed by atoms with E-state index in [4.69, 9.17) is 4.84 Å². The summed E-state index contributed by atoms with van der Waals surface area (Å²) in [7, 11) is 0. The Balaban J connectivity index is 1.33. The van der Waals surface area contributed by atoms with Crippen LogP contribution in [0.5, 0.6) is 0 Å². The van der Waals surface area contributed by atoms with Crippen molar-refractivity contribution in [3.63, 3.8) is 0 Å². The lowest BCUT2D eigenvalue weighted by Gasteiger charge is -2.02. The van der Waals surface area contributed by atoms with E-state index in [1.54, 1.807) is 47.6 Å². The van der Waals surface area contributed by atoms with Crippen LogP contribution in [0.1, 0.15) is 22.6 Å². The molecule has 0 saturated carbocycles. The van der Waals surface area contributed by atoms with Crippen LogP contribution in [0.2, 0.25) is 0 Å². The molecule has 31 heavy (non-hydrogen) atoms. The SMILES string of the molecule is FC(F)(F)c1nc(-c2ccc(Cn3cc(C=NOCc4ccccc4)cn3)cc2)no1. The number of hydrogen-bond acceptors (Lipinski definition) is 6. The average Bonchev–Trinajstić information content (AvgIpc) is 3.42. The first-order chi connectivity index (χ1) is 15.0. The second kappa shape index (κ2) is 8.82. The maximum absolute atomic E-state index is 12.6. The molecule has 0 bridgehead atoms. The van der Waals surface area contributed by atoms with Crippen LogP contribution in [0.3, 0.4) is 0 Å². The molecule has 0 aliphatic heterocycles. The number of aromatic nitrogens is 4. The van der Waals surface area contributed by atoms with Crippen molar-refractivity contribution in [2.75, 3.05) is 0 Å². The van der Waals surface area contributed by atoms with Crippen LogP contribution in [0.4, 0.5) is 13.2 Å². The Hall–Kier alpha value is -3.95. The minimum Gasteiger partial charge on any atom is -0.391 e. The number of rotatable bonds is 7. The summed E-state index contributed by atoms with van der Waals surface area (Å²) in [5.41, 5.74) is 3.12. The van der Waals surface area contributed by atoms with Crippen molar-refractivity contribution in [3.05, 3.63) is 89.6 Å². The third kappa shape index (κ3) is 5.35. The van der Waals surface area contributed by atoms with Crippen LogP contribution in [-0.4, -0.2) is 26.1 Å². The van der Waals surface area contributed by atoms with Crippen molar-refractivity contribution in [1.82, 2.24) is 19.9 Å². The number of oxime groups is 1. The van der Waals surface area contributed by atoms with Gasteiger partial charge < -0.3 is 9.36 Å². The van der Waals surface area contributed by atoms with Gasteiger partial charge in [0.25, 0.3) is 0 Å². The lowest BCUT2D eigenvalue weighted by atomic mass is 10.1. The molecule has 0 atom stereocenters. The van der Waals surface area contributed by atoms with Crippen LogP contribution >= 0.6 is 0 Å². The Morgan fingerprint density at radius 3 is 2.52 bits per heavy atom. The number of halogens is 3. The highest BCUT2D eigenvalue weighted by Gasteiger charge is 2.38. The van der Waals surface area contributed by atoms with Crippen LogP contribution < -0.4 is 0 Å². The topological polar surface area (TPSA) is 78.3 Å². The zero-order valence-corrected chi connectivity index (χ0v) is 16.0. The summed E-state index contributed by atoms with van der Waals surface area (Å²) in [5.74, 6) is -1.49. The molecule has 4 rings (SSSR count). The number of alkyl halides is 3. The van der Waals surface area contributed by atoms with Gasteiger partial charge in [-0.05, 0) is 11.1 Å². The summed E-state index contributed by atoms with van der Waals surface area (Å²) >= 11 is 0. The highest BCUT2D eigenvalue weighted by atomic mass is 19.4. The minimum atomic E-state index is -4.67. The zero-order chi connectivity index (χ0) is 21.7. The van der Waals surface area contributed by atoms with Crippen LogP contribution in [0.25, 0.3) is 11.4 Å². The molecule has 0 saturated heterocycles. The quantitative estimate of drug-likeness (QED) is 0.319. The molecule has 2 aromatic heterocycles. The summed E-state index contributed by atoms with van der Waals surface area (Å²) < 4.78 is 43.7. The molecule has 0 aliphatic rings. The van der Waals surface area contributed by atoms with Crippen molar-refractivity contribution in [3.8, 4) is 11.4 Å². The molecule has 0 aliphatic carbocycles. The third-order valence-electron chi connectivity index (χ3n) is 4.23.